The van der Waals surface area contributed by atoms with Crippen LogP contribution in [0.15, 0.2) is 18.2 Å². The van der Waals surface area contributed by atoms with Gasteiger partial charge in [0.05, 0.1) is 26.2 Å². The Hall–Kier alpha value is -2.28. The molecule has 2 atom stereocenters. The molecule has 7 heteroatoms. The highest BCUT2D eigenvalue weighted by atomic mass is 16.5. The summed E-state index contributed by atoms with van der Waals surface area (Å²) in [4.78, 5) is 27.2. The molecule has 136 valence electrons. The monoisotopic (exact) mass is 348 g/mol. The summed E-state index contributed by atoms with van der Waals surface area (Å²) < 4.78 is 16.0. The highest BCUT2D eigenvalue weighted by Crippen LogP contribution is 2.43. The summed E-state index contributed by atoms with van der Waals surface area (Å²) in [5.41, 5.74) is -0.0385. The minimum atomic E-state index is -0.556. The minimum Gasteiger partial charge on any atom is -0.493 e. The van der Waals surface area contributed by atoms with Gasteiger partial charge in [0.1, 0.15) is 0 Å². The molecule has 7 nitrogen and oxygen atoms in total. The van der Waals surface area contributed by atoms with E-state index in [1.165, 1.54) is 7.11 Å². The highest BCUT2D eigenvalue weighted by Gasteiger charge is 2.54. The first-order valence-electron chi connectivity index (χ1n) is 8.37. The number of carbonyl (C=O) groups excluding carboxylic acids is 2. The zero-order valence-corrected chi connectivity index (χ0v) is 14.8. The van der Waals surface area contributed by atoms with Gasteiger partial charge in [-0.3, -0.25) is 9.59 Å². The molecule has 0 aliphatic carbocycles. The zero-order chi connectivity index (χ0) is 18.0. The van der Waals surface area contributed by atoms with E-state index in [9.17, 15) is 9.59 Å². The number of carbonyl (C=O) groups is 2. The predicted molar refractivity (Wildman–Crippen MR) is 90.9 cm³/mol. The van der Waals surface area contributed by atoms with E-state index in [4.69, 9.17) is 14.2 Å². The molecule has 2 aliphatic heterocycles. The van der Waals surface area contributed by atoms with Crippen molar-refractivity contribution >= 4 is 11.8 Å². The number of nitrogens with zero attached hydrogens (tertiary/aromatic N) is 1. The Labute approximate surface area is 147 Å². The molecule has 2 fully saturated rings. The lowest BCUT2D eigenvalue weighted by Gasteiger charge is -2.36. The van der Waals surface area contributed by atoms with Crippen molar-refractivity contribution in [1.82, 2.24) is 10.2 Å². The van der Waals surface area contributed by atoms with Crippen LogP contribution < -0.4 is 14.8 Å². The number of amides is 2. The van der Waals surface area contributed by atoms with Crippen LogP contribution in [-0.2, 0) is 9.53 Å². The molecule has 2 heterocycles. The molecule has 0 radical (unpaired) electrons. The van der Waals surface area contributed by atoms with Gasteiger partial charge in [0, 0.05) is 38.2 Å². The van der Waals surface area contributed by atoms with E-state index in [2.05, 4.69) is 5.32 Å². The van der Waals surface area contributed by atoms with Gasteiger partial charge in [-0.05, 0) is 24.6 Å². The van der Waals surface area contributed by atoms with Crippen molar-refractivity contribution in [3.63, 3.8) is 0 Å². The van der Waals surface area contributed by atoms with E-state index >= 15 is 0 Å². The maximum absolute atomic E-state index is 13.0. The predicted octanol–water partition coefficient (Wildman–Crippen LogP) is 0.929. The second-order valence-corrected chi connectivity index (χ2v) is 6.51. The molecule has 2 saturated heterocycles. The molecule has 0 aromatic heterocycles. The molecular formula is C18H24N2O5. The average molecular weight is 348 g/mol. The number of ether oxygens (including phenoxy) is 3. The van der Waals surface area contributed by atoms with E-state index in [0.29, 0.717) is 49.8 Å². The summed E-state index contributed by atoms with van der Waals surface area (Å²) in [7, 11) is 4.73. The summed E-state index contributed by atoms with van der Waals surface area (Å²) in [6.45, 7) is 1.97. The molecule has 0 unspecified atom stereocenters. The van der Waals surface area contributed by atoms with Gasteiger partial charge >= 0.3 is 0 Å². The highest BCUT2D eigenvalue weighted by molar-refractivity contribution is 5.96. The van der Waals surface area contributed by atoms with Crippen molar-refractivity contribution in [3.05, 3.63) is 23.8 Å². The zero-order valence-electron chi connectivity index (χ0n) is 14.8. The number of benzene rings is 1. The second kappa shape index (κ2) is 6.92. The number of fused-ring (bicyclic) bond motifs is 1. The van der Waals surface area contributed by atoms with Gasteiger partial charge < -0.3 is 24.4 Å². The molecule has 1 aromatic rings. The van der Waals surface area contributed by atoms with Crippen LogP contribution in [0.1, 0.15) is 16.8 Å². The van der Waals surface area contributed by atoms with Crippen molar-refractivity contribution in [2.75, 3.05) is 47.6 Å². The molecule has 0 spiro atoms. The van der Waals surface area contributed by atoms with Crippen LogP contribution in [-0.4, -0.2) is 64.3 Å². The van der Waals surface area contributed by atoms with Crippen LogP contribution in [0.25, 0.3) is 0 Å². The number of methoxy groups -OCH3 is 2. The first-order valence-corrected chi connectivity index (χ1v) is 8.37. The lowest BCUT2D eigenvalue weighted by Crippen LogP contribution is -2.49. The van der Waals surface area contributed by atoms with Crippen molar-refractivity contribution in [1.29, 1.82) is 0 Å². The SMILES string of the molecule is CNC(=O)[C@]12CCOC[C@H]1CN(C(=O)c1ccc(OC)c(OC)c1)C2. The van der Waals surface area contributed by atoms with Gasteiger partial charge in [-0.25, -0.2) is 0 Å². The van der Waals surface area contributed by atoms with E-state index in [1.54, 1.807) is 37.3 Å². The Morgan fingerprint density at radius 3 is 2.72 bits per heavy atom. The smallest absolute Gasteiger partial charge is 0.254 e. The molecule has 1 aromatic carbocycles. The van der Waals surface area contributed by atoms with E-state index < -0.39 is 5.41 Å². The quantitative estimate of drug-likeness (QED) is 0.876. The number of rotatable bonds is 4. The summed E-state index contributed by atoms with van der Waals surface area (Å²) >= 11 is 0. The second-order valence-electron chi connectivity index (χ2n) is 6.51. The van der Waals surface area contributed by atoms with Gasteiger partial charge in [-0.2, -0.15) is 0 Å². The standard InChI is InChI=1S/C18H24N2O5/c1-19-17(22)18-6-7-25-10-13(18)9-20(11-18)16(21)12-4-5-14(23-2)15(8-12)24-3/h4-5,8,13H,6-7,9-11H2,1-3H3,(H,19,22)/t13-,18+/m1/s1. The van der Waals surface area contributed by atoms with Crippen LogP contribution in [0.3, 0.4) is 0 Å². The Kier molecular flexibility index (Phi) is 4.85. The molecule has 0 saturated carbocycles. The molecule has 3 rings (SSSR count). The number of likely N-dealkylation sites (tertiary alicyclic amines) is 1. The van der Waals surface area contributed by atoms with E-state index in [1.807, 2.05) is 0 Å². The fourth-order valence-corrected chi connectivity index (χ4v) is 3.88. The summed E-state index contributed by atoms with van der Waals surface area (Å²) in [6, 6.07) is 5.10. The number of nitrogens with one attached hydrogen (secondary N) is 1. The number of hydrogen-bond donors (Lipinski definition) is 1. The lowest BCUT2D eigenvalue weighted by atomic mass is 9.73. The molecule has 25 heavy (non-hydrogen) atoms. The molecular weight excluding hydrogens is 324 g/mol. The van der Waals surface area contributed by atoms with E-state index in [0.717, 1.165) is 0 Å². The molecule has 2 amide bonds. The fraction of sp³-hybridized carbons (Fsp3) is 0.556. The maximum Gasteiger partial charge on any atom is 0.254 e. The van der Waals surface area contributed by atoms with Crippen LogP contribution in [0.4, 0.5) is 0 Å². The molecule has 0 bridgehead atoms. The maximum atomic E-state index is 13.0. The topological polar surface area (TPSA) is 77.1 Å². The van der Waals surface area contributed by atoms with Crippen LogP contribution in [0, 0.1) is 11.3 Å². The summed E-state index contributed by atoms with van der Waals surface area (Å²) in [6.07, 6.45) is 0.632. The van der Waals surface area contributed by atoms with Gasteiger partial charge in [0.15, 0.2) is 11.5 Å². The van der Waals surface area contributed by atoms with Gasteiger partial charge in [-0.1, -0.05) is 0 Å². The first kappa shape index (κ1) is 17.5. The first-order chi connectivity index (χ1) is 12.1. The van der Waals surface area contributed by atoms with Crippen LogP contribution >= 0.6 is 0 Å². The van der Waals surface area contributed by atoms with Crippen LogP contribution in [0.5, 0.6) is 11.5 Å². The number of hydrogen-bond acceptors (Lipinski definition) is 5. The molecule has 1 N–H and O–H groups in total. The third-order valence-electron chi connectivity index (χ3n) is 5.30. The van der Waals surface area contributed by atoms with Crippen molar-refractivity contribution < 1.29 is 23.8 Å². The minimum absolute atomic E-state index is 0.0107. The Morgan fingerprint density at radius 1 is 1.28 bits per heavy atom. The van der Waals surface area contributed by atoms with Crippen molar-refractivity contribution in [2.45, 2.75) is 6.42 Å². The van der Waals surface area contributed by atoms with Gasteiger partial charge in [-0.15, -0.1) is 0 Å². The van der Waals surface area contributed by atoms with Crippen LogP contribution in [0.2, 0.25) is 0 Å². The summed E-state index contributed by atoms with van der Waals surface area (Å²) in [5.74, 6) is 0.978. The Morgan fingerprint density at radius 2 is 2.04 bits per heavy atom. The third-order valence-corrected chi connectivity index (χ3v) is 5.30. The molecule has 2 aliphatic rings. The average Bonchev–Trinajstić information content (AvgIpc) is 3.06. The summed E-state index contributed by atoms with van der Waals surface area (Å²) in [5, 5.41) is 2.76. The van der Waals surface area contributed by atoms with Crippen molar-refractivity contribution in [2.24, 2.45) is 11.3 Å². The normalized spacial score (nSPS) is 25.2. The van der Waals surface area contributed by atoms with Gasteiger partial charge in [0.25, 0.3) is 5.91 Å². The lowest BCUT2D eigenvalue weighted by molar-refractivity contribution is -0.138. The van der Waals surface area contributed by atoms with E-state index in [-0.39, 0.29) is 17.7 Å². The van der Waals surface area contributed by atoms with Crippen molar-refractivity contribution in [3.8, 4) is 11.5 Å². The fourth-order valence-electron chi connectivity index (χ4n) is 3.88. The Bertz CT molecular complexity index is 677. The largest absolute Gasteiger partial charge is 0.493 e. The third kappa shape index (κ3) is 2.93. The van der Waals surface area contributed by atoms with Gasteiger partial charge in [0.2, 0.25) is 5.91 Å². The Balaban J connectivity index is 1.85.